The first-order valence-corrected chi connectivity index (χ1v) is 5.19. The van der Waals surface area contributed by atoms with Crippen LogP contribution < -0.4 is 5.32 Å². The molecule has 0 fully saturated rings. The van der Waals surface area contributed by atoms with E-state index in [4.69, 9.17) is 5.11 Å². The fraction of sp³-hybridized carbons (Fsp3) is 0.364. The summed E-state index contributed by atoms with van der Waals surface area (Å²) in [4.78, 5) is 25.9. The normalized spacial score (nSPS) is 11.9. The minimum atomic E-state index is -1.13. The monoisotopic (exact) mass is 240 g/mol. The van der Waals surface area contributed by atoms with E-state index in [9.17, 15) is 14.0 Å². The van der Waals surface area contributed by atoms with E-state index in [1.54, 1.807) is 6.92 Å². The van der Waals surface area contributed by atoms with Crippen LogP contribution in [0.1, 0.15) is 30.1 Å². The van der Waals surface area contributed by atoms with Gasteiger partial charge in [0.05, 0.1) is 11.8 Å². The topological polar surface area (TPSA) is 79.3 Å². The van der Waals surface area contributed by atoms with Crippen molar-refractivity contribution in [2.75, 3.05) is 0 Å². The molecule has 0 bridgehead atoms. The van der Waals surface area contributed by atoms with Gasteiger partial charge in [0.1, 0.15) is 6.04 Å². The van der Waals surface area contributed by atoms with Crippen molar-refractivity contribution in [2.24, 2.45) is 0 Å². The average Bonchev–Trinajstić information content (AvgIpc) is 2.28. The number of carbonyl (C=O) groups excluding carboxylic acids is 1. The lowest BCUT2D eigenvalue weighted by Crippen LogP contribution is -2.40. The molecule has 5 nitrogen and oxygen atoms in total. The van der Waals surface area contributed by atoms with Crippen molar-refractivity contribution in [1.82, 2.24) is 10.3 Å². The molecule has 0 saturated carbocycles. The number of nitrogens with zero attached hydrogens (tertiary/aromatic N) is 1. The number of pyridine rings is 1. The van der Waals surface area contributed by atoms with Gasteiger partial charge in [0.15, 0.2) is 5.82 Å². The Balaban J connectivity index is 2.77. The number of carbonyl (C=O) groups is 2. The summed E-state index contributed by atoms with van der Waals surface area (Å²) >= 11 is 0. The number of amides is 1. The summed E-state index contributed by atoms with van der Waals surface area (Å²) < 4.78 is 13.2. The Morgan fingerprint density at radius 3 is 2.82 bits per heavy atom. The van der Waals surface area contributed by atoms with Gasteiger partial charge in [-0.1, -0.05) is 13.3 Å². The first-order chi connectivity index (χ1) is 8.06. The van der Waals surface area contributed by atoms with Gasteiger partial charge in [-0.3, -0.25) is 9.78 Å². The van der Waals surface area contributed by atoms with E-state index in [1.165, 1.54) is 12.3 Å². The number of hydrogen-bond donors (Lipinski definition) is 2. The SMILES string of the molecule is CCCC(NC(=O)c1ccncc1F)C(=O)O. The first-order valence-electron chi connectivity index (χ1n) is 5.19. The Kier molecular flexibility index (Phi) is 4.56. The van der Waals surface area contributed by atoms with Gasteiger partial charge < -0.3 is 10.4 Å². The molecule has 0 saturated heterocycles. The molecular weight excluding hydrogens is 227 g/mol. The second-order valence-electron chi connectivity index (χ2n) is 3.51. The van der Waals surface area contributed by atoms with Gasteiger partial charge in [-0.25, -0.2) is 9.18 Å². The Morgan fingerprint density at radius 2 is 2.29 bits per heavy atom. The molecule has 2 N–H and O–H groups in total. The molecule has 92 valence electrons. The molecule has 0 radical (unpaired) electrons. The molecule has 0 aromatic carbocycles. The minimum absolute atomic E-state index is 0.206. The lowest BCUT2D eigenvalue weighted by molar-refractivity contribution is -0.139. The van der Waals surface area contributed by atoms with Crippen molar-refractivity contribution >= 4 is 11.9 Å². The molecule has 0 spiro atoms. The Labute approximate surface area is 97.7 Å². The zero-order chi connectivity index (χ0) is 12.8. The maximum atomic E-state index is 13.2. The average molecular weight is 240 g/mol. The third-order valence-corrected chi connectivity index (χ3v) is 2.20. The standard InChI is InChI=1S/C11H13FN2O3/c1-2-3-9(11(16)17)14-10(15)7-4-5-13-6-8(7)12/h4-6,9H,2-3H2,1H3,(H,14,15)(H,16,17). The molecule has 1 heterocycles. The smallest absolute Gasteiger partial charge is 0.326 e. The van der Waals surface area contributed by atoms with E-state index in [2.05, 4.69) is 10.3 Å². The number of carboxylic acid groups (broad SMARTS) is 1. The zero-order valence-electron chi connectivity index (χ0n) is 9.31. The minimum Gasteiger partial charge on any atom is -0.480 e. The van der Waals surface area contributed by atoms with E-state index in [0.717, 1.165) is 6.20 Å². The Bertz CT molecular complexity index is 423. The van der Waals surface area contributed by atoms with Gasteiger partial charge in [0, 0.05) is 6.20 Å². The summed E-state index contributed by atoms with van der Waals surface area (Å²) in [5, 5.41) is 11.1. The largest absolute Gasteiger partial charge is 0.480 e. The summed E-state index contributed by atoms with van der Waals surface area (Å²) in [6.07, 6.45) is 3.09. The van der Waals surface area contributed by atoms with Crippen LogP contribution in [0.25, 0.3) is 0 Å². The predicted octanol–water partition coefficient (Wildman–Crippen LogP) is 1.20. The van der Waals surface area contributed by atoms with Crippen LogP contribution in [0.3, 0.4) is 0 Å². The quantitative estimate of drug-likeness (QED) is 0.810. The van der Waals surface area contributed by atoms with E-state index in [-0.39, 0.29) is 5.56 Å². The molecule has 1 amide bonds. The van der Waals surface area contributed by atoms with Gasteiger partial charge in [0.25, 0.3) is 5.91 Å². The van der Waals surface area contributed by atoms with Crippen molar-refractivity contribution in [3.8, 4) is 0 Å². The predicted molar refractivity (Wildman–Crippen MR) is 58.0 cm³/mol. The molecule has 1 atom stereocenters. The third kappa shape index (κ3) is 3.51. The fourth-order valence-corrected chi connectivity index (χ4v) is 1.34. The molecule has 1 unspecified atom stereocenters. The van der Waals surface area contributed by atoms with Crippen LogP contribution in [0.4, 0.5) is 4.39 Å². The molecule has 0 aliphatic heterocycles. The molecule has 1 aromatic heterocycles. The maximum Gasteiger partial charge on any atom is 0.326 e. The van der Waals surface area contributed by atoms with E-state index in [0.29, 0.717) is 12.8 Å². The van der Waals surface area contributed by atoms with Crippen LogP contribution in [0, 0.1) is 5.82 Å². The Hall–Kier alpha value is -1.98. The lowest BCUT2D eigenvalue weighted by atomic mass is 10.1. The van der Waals surface area contributed by atoms with Crippen LogP contribution in [-0.4, -0.2) is 28.0 Å². The molecule has 1 aromatic rings. The van der Waals surface area contributed by atoms with E-state index < -0.39 is 23.7 Å². The summed E-state index contributed by atoms with van der Waals surface area (Å²) in [7, 11) is 0. The third-order valence-electron chi connectivity index (χ3n) is 2.20. The van der Waals surface area contributed by atoms with Gasteiger partial charge >= 0.3 is 5.97 Å². The molecule has 17 heavy (non-hydrogen) atoms. The van der Waals surface area contributed by atoms with Crippen LogP contribution >= 0.6 is 0 Å². The second kappa shape index (κ2) is 5.93. The fourth-order valence-electron chi connectivity index (χ4n) is 1.34. The van der Waals surface area contributed by atoms with Crippen molar-refractivity contribution < 1.29 is 19.1 Å². The number of rotatable bonds is 5. The van der Waals surface area contributed by atoms with Crippen LogP contribution in [0.5, 0.6) is 0 Å². The van der Waals surface area contributed by atoms with Crippen molar-refractivity contribution in [3.63, 3.8) is 0 Å². The summed E-state index contributed by atoms with van der Waals surface area (Å²) in [5.41, 5.74) is -0.206. The number of aromatic nitrogens is 1. The highest BCUT2D eigenvalue weighted by atomic mass is 19.1. The highest BCUT2D eigenvalue weighted by Crippen LogP contribution is 2.06. The number of halogens is 1. The number of aliphatic carboxylic acids is 1. The van der Waals surface area contributed by atoms with Crippen molar-refractivity contribution in [1.29, 1.82) is 0 Å². The van der Waals surface area contributed by atoms with Crippen LogP contribution in [0.15, 0.2) is 18.5 Å². The van der Waals surface area contributed by atoms with Crippen molar-refractivity contribution in [2.45, 2.75) is 25.8 Å². The molecule has 0 aliphatic rings. The second-order valence-corrected chi connectivity index (χ2v) is 3.51. The first kappa shape index (κ1) is 13.1. The Morgan fingerprint density at radius 1 is 1.59 bits per heavy atom. The van der Waals surface area contributed by atoms with E-state index >= 15 is 0 Å². The highest BCUT2D eigenvalue weighted by molar-refractivity contribution is 5.96. The van der Waals surface area contributed by atoms with Crippen LogP contribution in [-0.2, 0) is 4.79 Å². The molecule has 6 heteroatoms. The molecular formula is C11H13FN2O3. The van der Waals surface area contributed by atoms with Gasteiger partial charge in [-0.15, -0.1) is 0 Å². The summed E-state index contributed by atoms with van der Waals surface area (Å²) in [5.74, 6) is -2.65. The van der Waals surface area contributed by atoms with Gasteiger partial charge in [-0.2, -0.15) is 0 Å². The number of carboxylic acids is 1. The van der Waals surface area contributed by atoms with Gasteiger partial charge in [-0.05, 0) is 12.5 Å². The van der Waals surface area contributed by atoms with Crippen molar-refractivity contribution in [3.05, 3.63) is 29.8 Å². The lowest BCUT2D eigenvalue weighted by Gasteiger charge is -2.13. The van der Waals surface area contributed by atoms with Gasteiger partial charge in [0.2, 0.25) is 0 Å². The van der Waals surface area contributed by atoms with Crippen LogP contribution in [0.2, 0.25) is 0 Å². The summed E-state index contributed by atoms with van der Waals surface area (Å²) in [6, 6.07) is 0.204. The zero-order valence-corrected chi connectivity index (χ0v) is 9.31. The number of nitrogens with one attached hydrogen (secondary N) is 1. The highest BCUT2D eigenvalue weighted by Gasteiger charge is 2.21. The number of hydrogen-bond acceptors (Lipinski definition) is 3. The molecule has 1 rings (SSSR count). The maximum absolute atomic E-state index is 13.2. The van der Waals surface area contributed by atoms with E-state index in [1.807, 2.05) is 0 Å². The summed E-state index contributed by atoms with van der Waals surface area (Å²) in [6.45, 7) is 1.80. The molecule has 0 aliphatic carbocycles.